The van der Waals surface area contributed by atoms with Gasteiger partial charge in [0.2, 0.25) is 0 Å². The lowest BCUT2D eigenvalue weighted by molar-refractivity contribution is -0.153. The van der Waals surface area contributed by atoms with Crippen LogP contribution >= 0.6 is 0 Å². The number of nitrogens with one attached hydrogen (secondary N) is 1. The predicted molar refractivity (Wildman–Crippen MR) is 122 cm³/mol. The number of ether oxygens (including phenoxy) is 3. The van der Waals surface area contributed by atoms with Crippen LogP contribution in [0.4, 0.5) is 0 Å². The number of rotatable bonds is 7. The molecular weight excluding hydrogens is 424 g/mol. The smallest absolute Gasteiger partial charge is 0.331 e. The zero-order valence-electron chi connectivity index (χ0n) is 19.3. The highest BCUT2D eigenvalue weighted by molar-refractivity contribution is 5.98. The quantitative estimate of drug-likeness (QED) is 0.617. The van der Waals surface area contributed by atoms with Gasteiger partial charge in [0.15, 0.2) is 23.2 Å². The number of aromatic hydroxyl groups is 1. The van der Waals surface area contributed by atoms with Crippen molar-refractivity contribution in [3.8, 4) is 11.5 Å². The van der Waals surface area contributed by atoms with Gasteiger partial charge in [-0.15, -0.1) is 0 Å². The molecule has 0 spiro atoms. The van der Waals surface area contributed by atoms with E-state index in [1.165, 1.54) is 24.9 Å². The first-order valence-electron chi connectivity index (χ1n) is 11.3. The molecule has 1 aliphatic heterocycles. The van der Waals surface area contributed by atoms with Gasteiger partial charge in [0, 0.05) is 24.8 Å². The maximum Gasteiger partial charge on any atom is 0.331 e. The Kier molecular flexibility index (Phi) is 8.65. The third kappa shape index (κ3) is 6.22. The van der Waals surface area contributed by atoms with Crippen molar-refractivity contribution in [1.82, 2.24) is 10.3 Å². The van der Waals surface area contributed by atoms with Crippen molar-refractivity contribution in [1.29, 1.82) is 0 Å². The maximum atomic E-state index is 12.9. The molecule has 0 saturated carbocycles. The number of carbonyl (C=O) groups is 2. The average molecular weight is 457 g/mol. The largest absolute Gasteiger partial charge is 0.503 e. The zero-order chi connectivity index (χ0) is 23.8. The molecule has 1 aliphatic rings. The van der Waals surface area contributed by atoms with E-state index in [1.54, 1.807) is 0 Å². The molecule has 1 saturated heterocycles. The second-order valence-corrected chi connectivity index (χ2v) is 8.32. The van der Waals surface area contributed by atoms with Crippen LogP contribution in [0.25, 0.3) is 0 Å². The van der Waals surface area contributed by atoms with E-state index in [0.717, 1.165) is 19.3 Å². The van der Waals surface area contributed by atoms with Gasteiger partial charge >= 0.3 is 5.97 Å². The highest BCUT2D eigenvalue weighted by Crippen LogP contribution is 2.30. The van der Waals surface area contributed by atoms with E-state index in [1.807, 2.05) is 25.1 Å². The number of esters is 1. The Morgan fingerprint density at radius 3 is 2.70 bits per heavy atom. The number of methoxy groups -OCH3 is 1. The molecule has 33 heavy (non-hydrogen) atoms. The number of cyclic esters (lactones) is 1. The predicted octanol–water partition coefficient (Wildman–Crippen LogP) is 3.13. The summed E-state index contributed by atoms with van der Waals surface area (Å²) in [7, 11) is 1.38. The Bertz CT molecular complexity index is 936. The number of nitrogens with zero attached hydrogens (tertiary/aromatic N) is 1. The molecule has 3 rings (SSSR count). The molecule has 4 atom stereocenters. The molecule has 2 aromatic rings. The van der Waals surface area contributed by atoms with Crippen LogP contribution in [-0.2, 0) is 20.7 Å². The summed E-state index contributed by atoms with van der Waals surface area (Å²) in [6.07, 6.45) is 3.68. The third-order valence-corrected chi connectivity index (χ3v) is 6.01. The lowest BCUT2D eigenvalue weighted by Gasteiger charge is -2.30. The first-order chi connectivity index (χ1) is 15.9. The minimum absolute atomic E-state index is 0.0275. The van der Waals surface area contributed by atoms with Gasteiger partial charge in [-0.2, -0.15) is 0 Å². The minimum Gasteiger partial charge on any atom is -0.503 e. The summed E-state index contributed by atoms with van der Waals surface area (Å²) in [6.45, 7) is 4.45. The lowest BCUT2D eigenvalue weighted by atomic mass is 9.81. The van der Waals surface area contributed by atoms with Gasteiger partial charge in [-0.05, 0) is 31.2 Å². The van der Waals surface area contributed by atoms with Gasteiger partial charge in [0.05, 0.1) is 13.7 Å². The molecule has 0 aliphatic carbocycles. The van der Waals surface area contributed by atoms with E-state index in [-0.39, 0.29) is 36.0 Å². The lowest BCUT2D eigenvalue weighted by Crippen LogP contribution is -2.46. The van der Waals surface area contributed by atoms with E-state index in [2.05, 4.69) is 29.4 Å². The van der Waals surface area contributed by atoms with Crippen LogP contribution in [-0.4, -0.2) is 54.4 Å². The number of hydrogen-bond acceptors (Lipinski definition) is 7. The van der Waals surface area contributed by atoms with Gasteiger partial charge < -0.3 is 24.6 Å². The van der Waals surface area contributed by atoms with Gasteiger partial charge in [0.1, 0.15) is 6.10 Å². The third-order valence-electron chi connectivity index (χ3n) is 6.01. The van der Waals surface area contributed by atoms with E-state index in [9.17, 15) is 14.7 Å². The maximum absolute atomic E-state index is 12.9. The molecule has 1 amide bonds. The molecule has 1 aromatic carbocycles. The van der Waals surface area contributed by atoms with Crippen molar-refractivity contribution in [3.63, 3.8) is 0 Å². The molecular formula is C25H32N2O6. The van der Waals surface area contributed by atoms with E-state index >= 15 is 0 Å². The standard InChI is InChI=1S/C25H32N2O6/c1-4-8-18-14-32-15-20(27-24(29)22-23(28)21(31-3)11-12-26-22)25(30)33-16(2)19(18)13-17-9-6-5-7-10-17/h5-7,9-12,16,18-20,28H,4,8,13-15H2,1-3H3,(H,27,29)/t16-,18-,19-,20-/m0/s1. The monoisotopic (exact) mass is 456 g/mol. The van der Waals surface area contributed by atoms with Crippen molar-refractivity contribution >= 4 is 11.9 Å². The van der Waals surface area contributed by atoms with E-state index in [0.29, 0.717) is 6.61 Å². The molecule has 0 bridgehead atoms. The Morgan fingerprint density at radius 1 is 1.24 bits per heavy atom. The summed E-state index contributed by atoms with van der Waals surface area (Å²) < 4.78 is 16.7. The molecule has 8 nitrogen and oxygen atoms in total. The van der Waals surface area contributed by atoms with Crippen molar-refractivity contribution in [2.24, 2.45) is 11.8 Å². The highest BCUT2D eigenvalue weighted by Gasteiger charge is 2.35. The molecule has 2 N–H and O–H groups in total. The first-order valence-corrected chi connectivity index (χ1v) is 11.3. The van der Waals surface area contributed by atoms with Gasteiger partial charge in [-0.25, -0.2) is 9.78 Å². The number of aromatic nitrogens is 1. The number of benzene rings is 1. The molecule has 2 heterocycles. The fourth-order valence-corrected chi connectivity index (χ4v) is 4.25. The van der Waals surface area contributed by atoms with E-state index in [4.69, 9.17) is 14.2 Å². The summed E-state index contributed by atoms with van der Waals surface area (Å²) >= 11 is 0. The summed E-state index contributed by atoms with van der Waals surface area (Å²) in [5.74, 6) is -1.29. The van der Waals surface area contributed by atoms with Crippen LogP contribution < -0.4 is 10.1 Å². The van der Waals surface area contributed by atoms with Crippen LogP contribution in [0.5, 0.6) is 11.5 Å². The SMILES string of the molecule is CCC[C@H]1COC[C@H](NC(=O)c2nccc(OC)c2O)C(=O)O[C@@H](C)[C@@H]1Cc1ccccc1. The average Bonchev–Trinajstić information content (AvgIpc) is 2.86. The van der Waals surface area contributed by atoms with Crippen molar-refractivity contribution in [2.45, 2.75) is 45.3 Å². The van der Waals surface area contributed by atoms with Gasteiger partial charge in [0.25, 0.3) is 5.91 Å². The Morgan fingerprint density at radius 2 is 2.00 bits per heavy atom. The summed E-state index contributed by atoms with van der Waals surface area (Å²) in [6, 6.07) is 10.5. The van der Waals surface area contributed by atoms with Crippen LogP contribution in [0.3, 0.4) is 0 Å². The fourth-order valence-electron chi connectivity index (χ4n) is 4.25. The van der Waals surface area contributed by atoms with Crippen molar-refractivity contribution in [2.75, 3.05) is 20.3 Å². The molecule has 8 heteroatoms. The van der Waals surface area contributed by atoms with Crippen LogP contribution in [0, 0.1) is 11.8 Å². The summed E-state index contributed by atoms with van der Waals surface area (Å²) in [5, 5.41) is 12.8. The first kappa shape index (κ1) is 24.5. The minimum atomic E-state index is -1.02. The normalized spacial score (nSPS) is 23.5. The van der Waals surface area contributed by atoms with Crippen LogP contribution in [0.1, 0.15) is 42.7 Å². The Labute approximate surface area is 194 Å². The molecule has 0 radical (unpaired) electrons. The van der Waals surface area contributed by atoms with E-state index < -0.39 is 23.7 Å². The summed E-state index contributed by atoms with van der Waals surface area (Å²) in [4.78, 5) is 29.6. The van der Waals surface area contributed by atoms with Crippen molar-refractivity contribution in [3.05, 3.63) is 53.9 Å². The van der Waals surface area contributed by atoms with Crippen molar-refractivity contribution < 1.29 is 28.9 Å². The van der Waals surface area contributed by atoms with Crippen LogP contribution in [0.2, 0.25) is 0 Å². The van der Waals surface area contributed by atoms with Gasteiger partial charge in [-0.3, -0.25) is 4.79 Å². The highest BCUT2D eigenvalue weighted by atomic mass is 16.6. The number of pyridine rings is 1. The number of carbonyl (C=O) groups excluding carboxylic acids is 2. The number of hydrogen-bond donors (Lipinski definition) is 2. The topological polar surface area (TPSA) is 107 Å². The second-order valence-electron chi connectivity index (χ2n) is 8.32. The Balaban J connectivity index is 1.76. The number of amides is 1. The molecule has 1 fully saturated rings. The summed E-state index contributed by atoms with van der Waals surface area (Å²) in [5.41, 5.74) is 0.941. The fraction of sp³-hybridized carbons (Fsp3) is 0.480. The second kappa shape index (κ2) is 11.7. The van der Waals surface area contributed by atoms with Gasteiger partial charge in [-0.1, -0.05) is 43.7 Å². The molecule has 1 aromatic heterocycles. The molecule has 0 unspecified atom stereocenters. The molecule has 178 valence electrons. The zero-order valence-corrected chi connectivity index (χ0v) is 19.3. The Hall–Kier alpha value is -3.13. The van der Waals surface area contributed by atoms with Crippen LogP contribution in [0.15, 0.2) is 42.6 Å².